The standard InChI is InChI=1S/C23H24F3N7O2/c1-12-22(27)13(2)32(30-12)21-8-20(18(26)9-28-21)35-17-10-31(11-17)23(34)33-19(3-4-29-33)14-5-15(24)7-16(25)6-14/h4-9,17,19,23,34H,3,10-11,27H2,1-2H3/t19-,23?/m0/s1. The molecule has 1 saturated heterocycles. The SMILES string of the molecule is Cc1nn(-c2cc(OC3CN(C(O)N4N=CC[C@H]4c4cc(F)cc(F)c4)C3)c(F)cn2)c(C)c1N. The zero-order valence-electron chi connectivity index (χ0n) is 19.1. The number of aliphatic hydroxyl groups excluding tert-OH is 1. The first-order chi connectivity index (χ1) is 16.7. The maximum Gasteiger partial charge on any atom is 0.202 e. The van der Waals surface area contributed by atoms with Crippen LogP contribution in [0.4, 0.5) is 18.9 Å². The summed E-state index contributed by atoms with van der Waals surface area (Å²) < 4.78 is 49.1. The van der Waals surface area contributed by atoms with E-state index in [0.717, 1.165) is 12.3 Å². The molecule has 1 aromatic carbocycles. The predicted molar refractivity (Wildman–Crippen MR) is 121 cm³/mol. The second-order valence-corrected chi connectivity index (χ2v) is 8.64. The lowest BCUT2D eigenvalue weighted by Gasteiger charge is -2.45. The van der Waals surface area contributed by atoms with Crippen LogP contribution >= 0.6 is 0 Å². The molecule has 0 bridgehead atoms. The molecule has 2 aromatic heterocycles. The first kappa shape index (κ1) is 23.1. The molecule has 0 aliphatic carbocycles. The lowest BCUT2D eigenvalue weighted by molar-refractivity contribution is -0.173. The van der Waals surface area contributed by atoms with Crippen LogP contribution in [0, 0.1) is 31.3 Å². The Bertz CT molecular complexity index is 1270. The number of aryl methyl sites for hydroxylation is 1. The molecule has 4 heterocycles. The van der Waals surface area contributed by atoms with E-state index in [4.69, 9.17) is 10.5 Å². The Balaban J connectivity index is 1.25. The fourth-order valence-electron chi connectivity index (χ4n) is 4.28. The number of rotatable bonds is 6. The highest BCUT2D eigenvalue weighted by Crippen LogP contribution is 2.33. The van der Waals surface area contributed by atoms with Gasteiger partial charge in [0.2, 0.25) is 6.35 Å². The number of halogens is 3. The van der Waals surface area contributed by atoms with Gasteiger partial charge in [0.15, 0.2) is 17.4 Å². The summed E-state index contributed by atoms with van der Waals surface area (Å²) in [6.07, 6.45) is 1.51. The van der Waals surface area contributed by atoms with E-state index in [1.807, 2.05) is 0 Å². The highest BCUT2D eigenvalue weighted by Gasteiger charge is 2.39. The Kier molecular flexibility index (Phi) is 5.85. The molecule has 1 fully saturated rings. The average molecular weight is 487 g/mol. The monoisotopic (exact) mass is 487 g/mol. The second kappa shape index (κ2) is 8.86. The van der Waals surface area contributed by atoms with Crippen LogP contribution in [0.5, 0.6) is 5.75 Å². The number of nitrogens with two attached hydrogens (primary N) is 1. The van der Waals surface area contributed by atoms with Gasteiger partial charge in [0.1, 0.15) is 17.7 Å². The van der Waals surface area contributed by atoms with Gasteiger partial charge in [-0.15, -0.1) is 0 Å². The van der Waals surface area contributed by atoms with Crippen molar-refractivity contribution in [1.29, 1.82) is 0 Å². The third kappa shape index (κ3) is 4.30. The van der Waals surface area contributed by atoms with Crippen molar-refractivity contribution in [3.05, 3.63) is 64.9 Å². The van der Waals surface area contributed by atoms with E-state index in [0.29, 0.717) is 48.0 Å². The third-order valence-corrected chi connectivity index (χ3v) is 6.24. The molecule has 2 atom stereocenters. The van der Waals surface area contributed by atoms with Crippen molar-refractivity contribution in [2.45, 2.75) is 38.8 Å². The number of hydrazone groups is 1. The number of nitrogen functional groups attached to an aromatic ring is 1. The number of anilines is 1. The molecular formula is C23H24F3N7O2. The summed E-state index contributed by atoms with van der Waals surface area (Å²) in [5.74, 6) is -1.64. The molecule has 1 unspecified atom stereocenters. The van der Waals surface area contributed by atoms with Gasteiger partial charge in [0.05, 0.1) is 29.3 Å². The number of aliphatic hydroxyl groups is 1. The van der Waals surface area contributed by atoms with Crippen molar-refractivity contribution in [3.8, 4) is 11.6 Å². The van der Waals surface area contributed by atoms with E-state index >= 15 is 0 Å². The van der Waals surface area contributed by atoms with Gasteiger partial charge in [-0.1, -0.05) is 0 Å². The molecule has 0 amide bonds. The summed E-state index contributed by atoms with van der Waals surface area (Å²) >= 11 is 0. The molecule has 2 aliphatic rings. The zero-order chi connectivity index (χ0) is 24.9. The van der Waals surface area contributed by atoms with Gasteiger partial charge in [-0.2, -0.15) is 10.2 Å². The lowest BCUT2D eigenvalue weighted by atomic mass is 10.0. The van der Waals surface area contributed by atoms with E-state index in [-0.39, 0.29) is 5.75 Å². The summed E-state index contributed by atoms with van der Waals surface area (Å²) in [5, 5.41) is 20.7. The molecule has 3 aromatic rings. The quantitative estimate of drug-likeness (QED) is 0.551. The van der Waals surface area contributed by atoms with E-state index in [1.165, 1.54) is 27.9 Å². The summed E-state index contributed by atoms with van der Waals surface area (Å²) in [6.45, 7) is 4.15. The molecular weight excluding hydrogens is 463 g/mol. The topological polar surface area (TPSA) is 105 Å². The van der Waals surface area contributed by atoms with E-state index in [1.54, 1.807) is 25.0 Å². The third-order valence-electron chi connectivity index (χ3n) is 6.24. The second-order valence-electron chi connectivity index (χ2n) is 8.64. The largest absolute Gasteiger partial charge is 0.484 e. The molecule has 12 heteroatoms. The number of likely N-dealkylation sites (tertiary alicyclic amines) is 1. The van der Waals surface area contributed by atoms with E-state index < -0.39 is 35.9 Å². The van der Waals surface area contributed by atoms with Gasteiger partial charge in [0.25, 0.3) is 0 Å². The number of nitrogens with zero attached hydrogens (tertiary/aromatic N) is 6. The van der Waals surface area contributed by atoms with Gasteiger partial charge in [-0.3, -0.25) is 4.90 Å². The first-order valence-corrected chi connectivity index (χ1v) is 11.0. The van der Waals surface area contributed by atoms with Gasteiger partial charge >= 0.3 is 0 Å². The number of hydrogen-bond acceptors (Lipinski definition) is 8. The molecule has 0 spiro atoms. The van der Waals surface area contributed by atoms with Crippen molar-refractivity contribution >= 4 is 11.9 Å². The number of ether oxygens (including phenoxy) is 1. The van der Waals surface area contributed by atoms with Crippen LogP contribution in [0.2, 0.25) is 0 Å². The van der Waals surface area contributed by atoms with Gasteiger partial charge in [-0.05, 0) is 31.5 Å². The molecule has 2 aliphatic heterocycles. The Hall–Kier alpha value is -3.64. The van der Waals surface area contributed by atoms with Crippen LogP contribution in [0.15, 0.2) is 35.6 Å². The summed E-state index contributed by atoms with van der Waals surface area (Å²) in [6, 6.07) is 4.19. The lowest BCUT2D eigenvalue weighted by Crippen LogP contribution is -2.61. The molecule has 5 rings (SSSR count). The van der Waals surface area contributed by atoms with Crippen LogP contribution < -0.4 is 10.5 Å². The minimum Gasteiger partial charge on any atom is -0.484 e. The van der Waals surface area contributed by atoms with Crippen LogP contribution in [-0.4, -0.2) is 61.5 Å². The van der Waals surface area contributed by atoms with Crippen molar-refractivity contribution < 1.29 is 23.0 Å². The summed E-state index contributed by atoms with van der Waals surface area (Å²) in [4.78, 5) is 5.75. The number of benzene rings is 1. The average Bonchev–Trinajstić information content (AvgIpc) is 3.37. The molecule has 9 nitrogen and oxygen atoms in total. The Morgan fingerprint density at radius 3 is 2.49 bits per heavy atom. The van der Waals surface area contributed by atoms with Crippen LogP contribution in [-0.2, 0) is 0 Å². The molecule has 35 heavy (non-hydrogen) atoms. The Morgan fingerprint density at radius 1 is 1.11 bits per heavy atom. The predicted octanol–water partition coefficient (Wildman–Crippen LogP) is 2.66. The van der Waals surface area contributed by atoms with E-state index in [9.17, 15) is 18.3 Å². The number of pyridine rings is 1. The van der Waals surface area contributed by atoms with Gasteiger partial charge < -0.3 is 15.6 Å². The summed E-state index contributed by atoms with van der Waals surface area (Å²) in [7, 11) is 0. The van der Waals surface area contributed by atoms with Crippen molar-refractivity contribution in [3.63, 3.8) is 0 Å². The van der Waals surface area contributed by atoms with Crippen molar-refractivity contribution in [1.82, 2.24) is 24.7 Å². The van der Waals surface area contributed by atoms with Crippen molar-refractivity contribution in [2.24, 2.45) is 5.10 Å². The minimum atomic E-state index is -1.14. The molecule has 3 N–H and O–H groups in total. The van der Waals surface area contributed by atoms with Gasteiger partial charge in [-0.25, -0.2) is 27.8 Å². The zero-order valence-corrected chi connectivity index (χ0v) is 19.1. The highest BCUT2D eigenvalue weighted by molar-refractivity contribution is 5.60. The normalized spacial score (nSPS) is 19.3. The highest BCUT2D eigenvalue weighted by atomic mass is 19.1. The van der Waals surface area contributed by atoms with Crippen LogP contribution in [0.25, 0.3) is 5.82 Å². The van der Waals surface area contributed by atoms with Gasteiger partial charge in [0, 0.05) is 37.9 Å². The Morgan fingerprint density at radius 2 is 1.83 bits per heavy atom. The van der Waals surface area contributed by atoms with Crippen LogP contribution in [0.3, 0.4) is 0 Å². The van der Waals surface area contributed by atoms with Crippen LogP contribution in [0.1, 0.15) is 29.4 Å². The maximum absolute atomic E-state index is 14.4. The van der Waals surface area contributed by atoms with Crippen molar-refractivity contribution in [2.75, 3.05) is 18.8 Å². The molecule has 0 radical (unpaired) electrons. The fourth-order valence-corrected chi connectivity index (χ4v) is 4.28. The smallest absolute Gasteiger partial charge is 0.202 e. The first-order valence-electron chi connectivity index (χ1n) is 11.0. The Labute approximate surface area is 199 Å². The fraction of sp³-hybridized carbons (Fsp3) is 0.348. The number of hydrogen-bond donors (Lipinski definition) is 2. The maximum atomic E-state index is 14.4. The number of aromatic nitrogens is 3. The molecule has 0 saturated carbocycles. The summed E-state index contributed by atoms with van der Waals surface area (Å²) in [5.41, 5.74) is 8.22. The van der Waals surface area contributed by atoms with E-state index in [2.05, 4.69) is 15.2 Å². The minimum absolute atomic E-state index is 0.00701. The molecule has 184 valence electrons.